The number of nitrogens with two attached hydrogens (primary N) is 1. The molecule has 0 fully saturated rings. The molecule has 0 saturated carbocycles. The maximum Gasteiger partial charge on any atom is 0.267 e. The van der Waals surface area contributed by atoms with Crippen LogP contribution in [0.5, 0.6) is 11.6 Å². The lowest BCUT2D eigenvalue weighted by Crippen LogP contribution is -1.99. The summed E-state index contributed by atoms with van der Waals surface area (Å²) in [5.74, 6) is 0.0897. The second-order valence-corrected chi connectivity index (χ2v) is 3.19. The standard InChI is InChI=1S/C11H9F2N3O/c12-9(13)7-3-1-2-4-8(7)17-11-10(14)15-5-6-16-11/h1-6,9H,(H2,14,15). The molecule has 6 heteroatoms. The van der Waals surface area contributed by atoms with Crippen molar-refractivity contribution in [2.45, 2.75) is 6.43 Å². The molecular formula is C11H9F2N3O. The lowest BCUT2D eigenvalue weighted by Gasteiger charge is -2.10. The predicted molar refractivity (Wildman–Crippen MR) is 57.9 cm³/mol. The lowest BCUT2D eigenvalue weighted by atomic mass is 10.2. The summed E-state index contributed by atoms with van der Waals surface area (Å²) in [5.41, 5.74) is 5.30. The van der Waals surface area contributed by atoms with Gasteiger partial charge in [0, 0.05) is 12.4 Å². The number of rotatable bonds is 3. The van der Waals surface area contributed by atoms with Gasteiger partial charge in [-0.3, -0.25) is 0 Å². The first kappa shape index (κ1) is 11.3. The molecule has 0 atom stereocenters. The fraction of sp³-hybridized carbons (Fsp3) is 0.0909. The molecule has 0 spiro atoms. The Bertz CT molecular complexity index is 520. The zero-order valence-corrected chi connectivity index (χ0v) is 8.68. The van der Waals surface area contributed by atoms with Crippen molar-refractivity contribution >= 4 is 5.82 Å². The van der Waals surface area contributed by atoms with Crippen LogP contribution >= 0.6 is 0 Å². The maximum atomic E-state index is 12.7. The summed E-state index contributed by atoms with van der Waals surface area (Å²) in [6.45, 7) is 0. The monoisotopic (exact) mass is 237 g/mol. The van der Waals surface area contributed by atoms with Gasteiger partial charge in [-0.05, 0) is 12.1 Å². The quantitative estimate of drug-likeness (QED) is 0.891. The van der Waals surface area contributed by atoms with Gasteiger partial charge in [0.25, 0.3) is 12.3 Å². The van der Waals surface area contributed by atoms with E-state index in [0.717, 1.165) is 0 Å². The fourth-order valence-electron chi connectivity index (χ4n) is 1.27. The minimum atomic E-state index is -2.62. The number of para-hydroxylation sites is 1. The molecule has 0 radical (unpaired) electrons. The number of hydrogen-bond donors (Lipinski definition) is 1. The van der Waals surface area contributed by atoms with Crippen molar-refractivity contribution in [3.8, 4) is 11.6 Å². The minimum Gasteiger partial charge on any atom is -0.435 e. The Kier molecular flexibility index (Phi) is 3.13. The van der Waals surface area contributed by atoms with Crippen LogP contribution in [0.3, 0.4) is 0 Å². The molecule has 2 rings (SSSR count). The molecule has 2 N–H and O–H groups in total. The van der Waals surface area contributed by atoms with Gasteiger partial charge in [-0.15, -0.1) is 0 Å². The third-order valence-corrected chi connectivity index (χ3v) is 2.05. The van der Waals surface area contributed by atoms with Crippen LogP contribution < -0.4 is 10.5 Å². The van der Waals surface area contributed by atoms with Gasteiger partial charge in [0.2, 0.25) is 0 Å². The zero-order chi connectivity index (χ0) is 12.3. The fourth-order valence-corrected chi connectivity index (χ4v) is 1.27. The molecule has 1 aromatic carbocycles. The Balaban J connectivity index is 2.34. The van der Waals surface area contributed by atoms with E-state index in [4.69, 9.17) is 10.5 Å². The van der Waals surface area contributed by atoms with E-state index < -0.39 is 6.43 Å². The molecule has 0 saturated heterocycles. The lowest BCUT2D eigenvalue weighted by molar-refractivity contribution is 0.148. The van der Waals surface area contributed by atoms with Crippen molar-refractivity contribution in [1.82, 2.24) is 9.97 Å². The molecule has 4 nitrogen and oxygen atoms in total. The van der Waals surface area contributed by atoms with E-state index in [1.165, 1.54) is 30.6 Å². The molecule has 0 amide bonds. The minimum absolute atomic E-state index is 0.0144. The highest BCUT2D eigenvalue weighted by Gasteiger charge is 2.15. The Morgan fingerprint density at radius 2 is 1.82 bits per heavy atom. The van der Waals surface area contributed by atoms with Gasteiger partial charge >= 0.3 is 0 Å². The Morgan fingerprint density at radius 1 is 1.12 bits per heavy atom. The van der Waals surface area contributed by atoms with E-state index in [-0.39, 0.29) is 23.0 Å². The number of hydrogen-bond acceptors (Lipinski definition) is 4. The number of alkyl halides is 2. The largest absolute Gasteiger partial charge is 0.435 e. The summed E-state index contributed by atoms with van der Waals surface area (Å²) in [6.07, 6.45) is 0.141. The van der Waals surface area contributed by atoms with Crippen molar-refractivity contribution in [2.24, 2.45) is 0 Å². The molecule has 0 aliphatic heterocycles. The van der Waals surface area contributed by atoms with Crippen molar-refractivity contribution < 1.29 is 13.5 Å². The van der Waals surface area contributed by atoms with Crippen LogP contribution in [0.2, 0.25) is 0 Å². The van der Waals surface area contributed by atoms with Crippen LogP contribution in [0.25, 0.3) is 0 Å². The Labute approximate surface area is 96.1 Å². The zero-order valence-electron chi connectivity index (χ0n) is 8.68. The maximum absolute atomic E-state index is 12.7. The number of benzene rings is 1. The summed E-state index contributed by atoms with van der Waals surface area (Å²) < 4.78 is 30.6. The molecule has 1 aromatic heterocycles. The second-order valence-electron chi connectivity index (χ2n) is 3.19. The van der Waals surface area contributed by atoms with Crippen LogP contribution in [0.15, 0.2) is 36.7 Å². The molecule has 0 bridgehead atoms. The SMILES string of the molecule is Nc1nccnc1Oc1ccccc1C(F)F. The van der Waals surface area contributed by atoms with E-state index in [1.54, 1.807) is 6.07 Å². The van der Waals surface area contributed by atoms with Crippen molar-refractivity contribution in [1.29, 1.82) is 0 Å². The smallest absolute Gasteiger partial charge is 0.267 e. The Hall–Kier alpha value is -2.24. The first-order valence-electron chi connectivity index (χ1n) is 4.80. The van der Waals surface area contributed by atoms with Gasteiger partial charge in [0.1, 0.15) is 5.75 Å². The summed E-state index contributed by atoms with van der Waals surface area (Å²) in [4.78, 5) is 7.57. The highest BCUT2D eigenvalue weighted by atomic mass is 19.3. The first-order valence-corrected chi connectivity index (χ1v) is 4.80. The van der Waals surface area contributed by atoms with Gasteiger partial charge in [0.15, 0.2) is 5.82 Å². The van der Waals surface area contributed by atoms with Gasteiger partial charge < -0.3 is 10.5 Å². The Morgan fingerprint density at radius 3 is 2.53 bits per heavy atom. The average Bonchev–Trinajstić information content (AvgIpc) is 2.32. The number of nitrogen functional groups attached to an aromatic ring is 1. The van der Waals surface area contributed by atoms with E-state index in [2.05, 4.69) is 9.97 Å². The molecule has 88 valence electrons. The van der Waals surface area contributed by atoms with E-state index in [0.29, 0.717) is 0 Å². The van der Waals surface area contributed by atoms with Crippen molar-refractivity contribution in [3.05, 3.63) is 42.2 Å². The summed E-state index contributed by atoms with van der Waals surface area (Å²) in [5, 5.41) is 0. The van der Waals surface area contributed by atoms with Gasteiger partial charge in [0.05, 0.1) is 5.56 Å². The third-order valence-electron chi connectivity index (χ3n) is 2.05. The average molecular weight is 237 g/mol. The summed E-state index contributed by atoms with van der Waals surface area (Å²) in [7, 11) is 0. The van der Waals surface area contributed by atoms with Gasteiger partial charge in [-0.1, -0.05) is 12.1 Å². The van der Waals surface area contributed by atoms with E-state index in [1.807, 2.05) is 0 Å². The number of ether oxygens (including phenoxy) is 1. The van der Waals surface area contributed by atoms with E-state index in [9.17, 15) is 8.78 Å². The van der Waals surface area contributed by atoms with Gasteiger partial charge in [-0.25, -0.2) is 18.7 Å². The third kappa shape index (κ3) is 2.47. The van der Waals surface area contributed by atoms with E-state index >= 15 is 0 Å². The van der Waals surface area contributed by atoms with Crippen molar-refractivity contribution in [2.75, 3.05) is 5.73 Å². The topological polar surface area (TPSA) is 61.0 Å². The van der Waals surface area contributed by atoms with Gasteiger partial charge in [-0.2, -0.15) is 0 Å². The molecule has 0 unspecified atom stereocenters. The highest BCUT2D eigenvalue weighted by molar-refractivity contribution is 5.44. The molecular weight excluding hydrogens is 228 g/mol. The van der Waals surface area contributed by atoms with Crippen molar-refractivity contribution in [3.63, 3.8) is 0 Å². The number of aromatic nitrogens is 2. The summed E-state index contributed by atoms with van der Waals surface area (Å²) in [6, 6.07) is 5.81. The van der Waals surface area contributed by atoms with Crippen LogP contribution in [0.4, 0.5) is 14.6 Å². The molecule has 2 aromatic rings. The van der Waals surface area contributed by atoms with Crippen LogP contribution in [-0.4, -0.2) is 9.97 Å². The number of halogens is 2. The molecule has 1 heterocycles. The van der Waals surface area contributed by atoms with Crippen LogP contribution in [0.1, 0.15) is 12.0 Å². The van der Waals surface area contributed by atoms with Crippen LogP contribution in [-0.2, 0) is 0 Å². The van der Waals surface area contributed by atoms with Crippen LogP contribution in [0, 0.1) is 0 Å². The molecule has 17 heavy (non-hydrogen) atoms. The normalized spacial score (nSPS) is 10.5. The predicted octanol–water partition coefficient (Wildman–Crippen LogP) is 2.79. The second kappa shape index (κ2) is 4.73. The molecule has 0 aliphatic carbocycles. The highest BCUT2D eigenvalue weighted by Crippen LogP contribution is 2.32. The summed E-state index contributed by atoms with van der Waals surface area (Å²) >= 11 is 0. The number of anilines is 1. The first-order chi connectivity index (χ1) is 8.18. The number of nitrogens with zero attached hydrogens (tertiary/aromatic N) is 2. The molecule has 0 aliphatic rings.